The minimum atomic E-state index is -0.793. The third-order valence-corrected chi connectivity index (χ3v) is 1.91. The summed E-state index contributed by atoms with van der Waals surface area (Å²) in [4.78, 5) is 0. The van der Waals surface area contributed by atoms with Crippen LogP contribution in [0.25, 0.3) is 0 Å². The second-order valence-corrected chi connectivity index (χ2v) is 3.64. The molecular weight excluding hydrogens is 188 g/mol. The van der Waals surface area contributed by atoms with Gasteiger partial charge in [0, 0.05) is 12.7 Å². The van der Waals surface area contributed by atoms with Crippen molar-refractivity contribution in [2.24, 2.45) is 5.73 Å². The fourth-order valence-corrected chi connectivity index (χ4v) is 1.02. The van der Waals surface area contributed by atoms with Crippen molar-refractivity contribution >= 4 is 11.6 Å². The quantitative estimate of drug-likeness (QED) is 0.793. The highest BCUT2D eigenvalue weighted by molar-refractivity contribution is 6.30. The first-order valence-corrected chi connectivity index (χ1v) is 4.29. The molecule has 0 aromatic carbocycles. The van der Waals surface area contributed by atoms with Crippen LogP contribution in [0.15, 0.2) is 12.4 Å². The Morgan fingerprint density at radius 1 is 1.85 bits per heavy atom. The van der Waals surface area contributed by atoms with Gasteiger partial charge in [0.1, 0.15) is 5.54 Å². The molecule has 0 fully saturated rings. The van der Waals surface area contributed by atoms with E-state index >= 15 is 0 Å². The van der Waals surface area contributed by atoms with Gasteiger partial charge >= 0.3 is 0 Å². The molecule has 0 bridgehead atoms. The zero-order chi connectivity index (χ0) is 9.90. The van der Waals surface area contributed by atoms with Gasteiger partial charge in [-0.05, 0) is 13.3 Å². The molecule has 5 heteroatoms. The van der Waals surface area contributed by atoms with E-state index in [1.807, 2.05) is 6.07 Å². The molecule has 1 aromatic heterocycles. The Hall–Kier alpha value is -1.05. The van der Waals surface area contributed by atoms with E-state index in [4.69, 9.17) is 22.6 Å². The standard InChI is InChI=1S/C8H11ClN4/c1-8(11,6-10)2-3-13-5-7(9)4-12-13/h4-5H,2-3,11H2,1H3. The molecular formula is C8H11ClN4. The Morgan fingerprint density at radius 3 is 3.00 bits per heavy atom. The molecule has 1 atom stereocenters. The van der Waals surface area contributed by atoms with Gasteiger partial charge in [-0.2, -0.15) is 10.4 Å². The molecule has 0 aliphatic heterocycles. The molecule has 70 valence electrons. The van der Waals surface area contributed by atoms with E-state index in [1.54, 1.807) is 24.0 Å². The van der Waals surface area contributed by atoms with Gasteiger partial charge in [0.25, 0.3) is 0 Å². The van der Waals surface area contributed by atoms with Crippen LogP contribution in [0.2, 0.25) is 5.02 Å². The van der Waals surface area contributed by atoms with Crippen LogP contribution in [0.3, 0.4) is 0 Å². The molecule has 0 amide bonds. The Labute approximate surface area is 81.9 Å². The summed E-state index contributed by atoms with van der Waals surface area (Å²) in [5.41, 5.74) is 4.84. The number of aryl methyl sites for hydroxylation is 1. The lowest BCUT2D eigenvalue weighted by molar-refractivity contribution is 0.467. The fourth-order valence-electron chi connectivity index (χ4n) is 0.863. The van der Waals surface area contributed by atoms with E-state index in [-0.39, 0.29) is 0 Å². The Bertz CT molecular complexity index is 323. The average Bonchev–Trinajstić information content (AvgIpc) is 2.48. The maximum Gasteiger partial charge on any atom is 0.103 e. The van der Waals surface area contributed by atoms with Crippen LogP contribution in [0.4, 0.5) is 0 Å². The SMILES string of the molecule is CC(N)(C#N)CCn1cc(Cl)cn1. The molecule has 1 aromatic rings. The Kier molecular flexibility index (Phi) is 2.91. The highest BCUT2D eigenvalue weighted by Gasteiger charge is 2.16. The first-order chi connectivity index (χ1) is 6.03. The van der Waals surface area contributed by atoms with Crippen LogP contribution >= 0.6 is 11.6 Å². The minimum Gasteiger partial charge on any atom is -0.314 e. The highest BCUT2D eigenvalue weighted by Crippen LogP contribution is 2.08. The average molecular weight is 199 g/mol. The van der Waals surface area contributed by atoms with Gasteiger partial charge in [-0.1, -0.05) is 11.6 Å². The van der Waals surface area contributed by atoms with Gasteiger partial charge in [0.05, 0.1) is 17.3 Å². The van der Waals surface area contributed by atoms with E-state index in [9.17, 15) is 0 Å². The summed E-state index contributed by atoms with van der Waals surface area (Å²) in [6.45, 7) is 2.30. The topological polar surface area (TPSA) is 67.6 Å². The van der Waals surface area contributed by atoms with Crippen molar-refractivity contribution in [2.75, 3.05) is 0 Å². The monoisotopic (exact) mass is 198 g/mol. The first-order valence-electron chi connectivity index (χ1n) is 3.91. The van der Waals surface area contributed by atoms with Crippen molar-refractivity contribution in [3.05, 3.63) is 17.4 Å². The lowest BCUT2D eigenvalue weighted by Gasteiger charge is -2.14. The maximum atomic E-state index is 8.65. The van der Waals surface area contributed by atoms with Crippen molar-refractivity contribution in [3.8, 4) is 6.07 Å². The normalized spacial score (nSPS) is 14.9. The fraction of sp³-hybridized carbons (Fsp3) is 0.500. The third kappa shape index (κ3) is 3.05. The van der Waals surface area contributed by atoms with Crippen molar-refractivity contribution in [3.63, 3.8) is 0 Å². The summed E-state index contributed by atoms with van der Waals surface area (Å²) in [5.74, 6) is 0. The number of nitriles is 1. The van der Waals surface area contributed by atoms with E-state index in [2.05, 4.69) is 5.10 Å². The van der Waals surface area contributed by atoms with Crippen molar-refractivity contribution in [1.82, 2.24) is 9.78 Å². The molecule has 0 radical (unpaired) electrons. The molecule has 2 N–H and O–H groups in total. The molecule has 0 aliphatic rings. The Morgan fingerprint density at radius 2 is 2.54 bits per heavy atom. The predicted octanol–water partition coefficient (Wildman–Crippen LogP) is 1.17. The van der Waals surface area contributed by atoms with Gasteiger partial charge in [0.15, 0.2) is 0 Å². The van der Waals surface area contributed by atoms with Crippen LogP contribution in [-0.4, -0.2) is 15.3 Å². The smallest absolute Gasteiger partial charge is 0.103 e. The summed E-state index contributed by atoms with van der Waals surface area (Å²) in [6, 6.07) is 2.02. The van der Waals surface area contributed by atoms with Crippen LogP contribution in [0.1, 0.15) is 13.3 Å². The molecule has 13 heavy (non-hydrogen) atoms. The largest absolute Gasteiger partial charge is 0.314 e. The van der Waals surface area contributed by atoms with E-state index in [1.165, 1.54) is 0 Å². The number of nitrogens with zero attached hydrogens (tertiary/aromatic N) is 3. The molecule has 0 aliphatic carbocycles. The zero-order valence-electron chi connectivity index (χ0n) is 7.37. The number of hydrogen-bond donors (Lipinski definition) is 1. The first kappa shape index (κ1) is 10.0. The molecule has 4 nitrogen and oxygen atoms in total. The number of nitrogens with two attached hydrogens (primary N) is 1. The van der Waals surface area contributed by atoms with Crippen molar-refractivity contribution < 1.29 is 0 Å². The van der Waals surface area contributed by atoms with Gasteiger partial charge in [-0.3, -0.25) is 4.68 Å². The van der Waals surface area contributed by atoms with E-state index < -0.39 is 5.54 Å². The molecule has 0 saturated heterocycles. The molecule has 1 unspecified atom stereocenters. The van der Waals surface area contributed by atoms with Gasteiger partial charge < -0.3 is 5.73 Å². The summed E-state index contributed by atoms with van der Waals surface area (Å²) in [7, 11) is 0. The van der Waals surface area contributed by atoms with Crippen LogP contribution in [0, 0.1) is 11.3 Å². The van der Waals surface area contributed by atoms with Crippen molar-refractivity contribution in [1.29, 1.82) is 5.26 Å². The number of halogens is 1. The van der Waals surface area contributed by atoms with Crippen LogP contribution < -0.4 is 5.73 Å². The maximum absolute atomic E-state index is 8.65. The molecule has 0 saturated carbocycles. The van der Waals surface area contributed by atoms with Gasteiger partial charge in [-0.15, -0.1) is 0 Å². The molecule has 1 heterocycles. The predicted molar refractivity (Wildman–Crippen MR) is 50.1 cm³/mol. The summed E-state index contributed by atoms with van der Waals surface area (Å²) >= 11 is 5.66. The summed E-state index contributed by atoms with van der Waals surface area (Å²) in [5, 5.41) is 13.2. The summed E-state index contributed by atoms with van der Waals surface area (Å²) < 4.78 is 1.67. The number of rotatable bonds is 3. The van der Waals surface area contributed by atoms with Crippen molar-refractivity contribution in [2.45, 2.75) is 25.4 Å². The minimum absolute atomic E-state index is 0.557. The second kappa shape index (κ2) is 3.77. The molecule has 0 spiro atoms. The summed E-state index contributed by atoms with van der Waals surface area (Å²) in [6.07, 6.45) is 3.82. The lowest BCUT2D eigenvalue weighted by Crippen LogP contribution is -2.35. The van der Waals surface area contributed by atoms with Gasteiger partial charge in [-0.25, -0.2) is 0 Å². The van der Waals surface area contributed by atoms with E-state index in [0.29, 0.717) is 18.0 Å². The third-order valence-electron chi connectivity index (χ3n) is 1.72. The zero-order valence-corrected chi connectivity index (χ0v) is 8.12. The van der Waals surface area contributed by atoms with Crippen LogP contribution in [0.5, 0.6) is 0 Å². The second-order valence-electron chi connectivity index (χ2n) is 3.20. The van der Waals surface area contributed by atoms with Crippen LogP contribution in [-0.2, 0) is 6.54 Å². The number of aromatic nitrogens is 2. The Balaban J connectivity index is 2.49. The number of hydrogen-bond acceptors (Lipinski definition) is 3. The highest BCUT2D eigenvalue weighted by atomic mass is 35.5. The van der Waals surface area contributed by atoms with E-state index in [0.717, 1.165) is 0 Å². The van der Waals surface area contributed by atoms with Gasteiger partial charge in [0.2, 0.25) is 0 Å². The lowest BCUT2D eigenvalue weighted by atomic mass is 10.0. The molecule has 1 rings (SSSR count).